The molecule has 8 nitrogen and oxygen atoms in total. The van der Waals surface area contributed by atoms with Crippen LogP contribution in [0.15, 0.2) is 0 Å². The molecule has 0 saturated heterocycles. The van der Waals surface area contributed by atoms with Crippen molar-refractivity contribution in [2.24, 2.45) is 5.73 Å². The van der Waals surface area contributed by atoms with Crippen molar-refractivity contribution in [1.82, 2.24) is 26.2 Å². The van der Waals surface area contributed by atoms with Gasteiger partial charge < -0.3 is 31.9 Å². The molecule has 0 unspecified atom stereocenters. The van der Waals surface area contributed by atoms with Gasteiger partial charge in [0.05, 0.1) is 0 Å². The van der Waals surface area contributed by atoms with Crippen LogP contribution in [0.4, 0.5) is 0 Å². The molecule has 0 radical (unpaired) electrons. The zero-order valence-corrected chi connectivity index (χ0v) is 14.6. The van der Waals surface area contributed by atoms with Crippen molar-refractivity contribution in [3.8, 4) is 0 Å². The maximum absolute atomic E-state index is 11.6. The predicted molar refractivity (Wildman–Crippen MR) is 93.2 cm³/mol. The Kier molecular flexibility index (Phi) is 14.8. The first kappa shape index (κ1) is 21.8. The summed E-state index contributed by atoms with van der Waals surface area (Å²) in [6.45, 7) is 8.76. The average Bonchev–Trinajstić information content (AvgIpc) is 2.55. The van der Waals surface area contributed by atoms with E-state index < -0.39 is 0 Å². The normalized spacial score (nSPS) is 10.8. The molecule has 0 aromatic heterocycles. The van der Waals surface area contributed by atoms with Gasteiger partial charge in [-0.25, -0.2) is 0 Å². The lowest BCUT2D eigenvalue weighted by Gasteiger charge is -2.22. The number of carbonyl (C=O) groups excluding carboxylic acids is 2. The molecule has 0 fully saturated rings. The molecule has 8 heteroatoms. The number of nitrogens with two attached hydrogens (primary N) is 1. The molecule has 0 aliphatic carbocycles. The Hall–Kier alpha value is -1.22. The highest BCUT2D eigenvalue weighted by Gasteiger charge is 2.07. The van der Waals surface area contributed by atoms with E-state index in [-0.39, 0.29) is 11.8 Å². The minimum Gasteiger partial charge on any atom is -0.359 e. The molecule has 23 heavy (non-hydrogen) atoms. The SMILES string of the molecule is CCNC(=O)CCN(CCNCCN)CCNCCC(=O)NC. The van der Waals surface area contributed by atoms with Crippen molar-refractivity contribution >= 4 is 11.8 Å². The Morgan fingerprint density at radius 3 is 2.13 bits per heavy atom. The van der Waals surface area contributed by atoms with Crippen LogP contribution in [-0.2, 0) is 9.59 Å². The number of carbonyl (C=O) groups is 2. The zero-order valence-electron chi connectivity index (χ0n) is 14.6. The highest BCUT2D eigenvalue weighted by atomic mass is 16.2. The van der Waals surface area contributed by atoms with Crippen LogP contribution in [0.5, 0.6) is 0 Å². The van der Waals surface area contributed by atoms with Crippen molar-refractivity contribution in [1.29, 1.82) is 0 Å². The summed E-state index contributed by atoms with van der Waals surface area (Å²) in [6.07, 6.45) is 0.983. The monoisotopic (exact) mass is 330 g/mol. The second kappa shape index (κ2) is 15.7. The van der Waals surface area contributed by atoms with E-state index in [0.717, 1.165) is 39.3 Å². The molecule has 2 amide bonds. The molecule has 0 heterocycles. The van der Waals surface area contributed by atoms with Crippen LogP contribution in [0.25, 0.3) is 0 Å². The van der Waals surface area contributed by atoms with E-state index in [1.54, 1.807) is 7.05 Å². The number of amides is 2. The Balaban J connectivity index is 3.95. The van der Waals surface area contributed by atoms with Gasteiger partial charge in [0, 0.05) is 78.8 Å². The van der Waals surface area contributed by atoms with Gasteiger partial charge in [0.25, 0.3) is 0 Å². The molecule has 0 aliphatic heterocycles. The van der Waals surface area contributed by atoms with Crippen molar-refractivity contribution in [3.63, 3.8) is 0 Å². The van der Waals surface area contributed by atoms with Crippen LogP contribution < -0.4 is 27.0 Å². The highest BCUT2D eigenvalue weighted by molar-refractivity contribution is 5.76. The second-order valence-electron chi connectivity index (χ2n) is 5.26. The van der Waals surface area contributed by atoms with Gasteiger partial charge in [-0.15, -0.1) is 0 Å². The molecule has 0 aliphatic rings. The summed E-state index contributed by atoms with van der Waals surface area (Å²) in [6, 6.07) is 0. The van der Waals surface area contributed by atoms with E-state index in [1.165, 1.54) is 0 Å². The maximum Gasteiger partial charge on any atom is 0.221 e. The van der Waals surface area contributed by atoms with Gasteiger partial charge in [0.1, 0.15) is 0 Å². The van der Waals surface area contributed by atoms with Gasteiger partial charge in [0.2, 0.25) is 11.8 Å². The third-order valence-corrected chi connectivity index (χ3v) is 3.37. The van der Waals surface area contributed by atoms with E-state index in [4.69, 9.17) is 5.73 Å². The van der Waals surface area contributed by atoms with Gasteiger partial charge >= 0.3 is 0 Å². The lowest BCUT2D eigenvalue weighted by atomic mass is 10.3. The third-order valence-electron chi connectivity index (χ3n) is 3.37. The first-order chi connectivity index (χ1) is 11.1. The molecule has 136 valence electrons. The smallest absolute Gasteiger partial charge is 0.221 e. The fourth-order valence-corrected chi connectivity index (χ4v) is 2.03. The molecule has 0 aromatic carbocycles. The number of rotatable bonds is 15. The molecule has 0 aromatic rings. The molecular weight excluding hydrogens is 296 g/mol. The summed E-state index contributed by atoms with van der Waals surface area (Å²) in [5, 5.41) is 11.9. The largest absolute Gasteiger partial charge is 0.359 e. The predicted octanol–water partition coefficient (Wildman–Crippen LogP) is -1.91. The molecule has 0 spiro atoms. The Morgan fingerprint density at radius 1 is 0.913 bits per heavy atom. The Bertz CT molecular complexity index is 314. The highest BCUT2D eigenvalue weighted by Crippen LogP contribution is 1.91. The van der Waals surface area contributed by atoms with Gasteiger partial charge in [-0.2, -0.15) is 0 Å². The van der Waals surface area contributed by atoms with Crippen LogP contribution in [0.3, 0.4) is 0 Å². The molecule has 0 saturated carbocycles. The van der Waals surface area contributed by atoms with Gasteiger partial charge in [-0.3, -0.25) is 9.59 Å². The van der Waals surface area contributed by atoms with E-state index >= 15 is 0 Å². The summed E-state index contributed by atoms with van der Waals surface area (Å²) in [5.74, 6) is 0.122. The minimum absolute atomic E-state index is 0.0385. The molecule has 0 bridgehead atoms. The quantitative estimate of drug-likeness (QED) is 0.224. The van der Waals surface area contributed by atoms with Crippen molar-refractivity contribution in [3.05, 3.63) is 0 Å². The number of hydrogen-bond acceptors (Lipinski definition) is 6. The van der Waals surface area contributed by atoms with Crippen LogP contribution >= 0.6 is 0 Å². The fraction of sp³-hybridized carbons (Fsp3) is 0.867. The van der Waals surface area contributed by atoms with Gasteiger partial charge in [-0.1, -0.05) is 0 Å². The summed E-state index contributed by atoms with van der Waals surface area (Å²) < 4.78 is 0. The molecular formula is C15H34N6O2. The van der Waals surface area contributed by atoms with E-state index in [0.29, 0.717) is 32.5 Å². The second-order valence-corrected chi connectivity index (χ2v) is 5.26. The van der Waals surface area contributed by atoms with Crippen LogP contribution in [0.1, 0.15) is 19.8 Å². The Morgan fingerprint density at radius 2 is 1.57 bits per heavy atom. The van der Waals surface area contributed by atoms with Crippen LogP contribution in [-0.4, -0.2) is 82.7 Å². The fourth-order valence-electron chi connectivity index (χ4n) is 2.03. The first-order valence-electron chi connectivity index (χ1n) is 8.45. The average molecular weight is 330 g/mol. The van der Waals surface area contributed by atoms with Crippen molar-refractivity contribution < 1.29 is 9.59 Å². The molecule has 0 rings (SSSR count). The number of hydrogen-bond donors (Lipinski definition) is 5. The standard InChI is InChI=1S/C15H34N6O2/c1-3-20-15(23)5-11-21(13-10-19-8-6-16)12-9-18-7-4-14(22)17-2/h18-19H,3-13,16H2,1-2H3,(H,17,22)(H,20,23). The van der Waals surface area contributed by atoms with Gasteiger partial charge in [-0.05, 0) is 6.92 Å². The maximum atomic E-state index is 11.6. The third kappa shape index (κ3) is 14.1. The number of nitrogens with zero attached hydrogens (tertiary/aromatic N) is 1. The van der Waals surface area contributed by atoms with E-state index in [1.807, 2.05) is 6.92 Å². The van der Waals surface area contributed by atoms with E-state index in [9.17, 15) is 9.59 Å². The minimum atomic E-state index is 0.0385. The molecule has 6 N–H and O–H groups in total. The van der Waals surface area contributed by atoms with Crippen LogP contribution in [0, 0.1) is 0 Å². The summed E-state index contributed by atoms with van der Waals surface area (Å²) >= 11 is 0. The lowest BCUT2D eigenvalue weighted by Crippen LogP contribution is -2.40. The summed E-state index contributed by atoms with van der Waals surface area (Å²) in [4.78, 5) is 24.9. The first-order valence-corrected chi connectivity index (χ1v) is 8.45. The van der Waals surface area contributed by atoms with Crippen molar-refractivity contribution in [2.45, 2.75) is 19.8 Å². The Labute approximate surface area is 139 Å². The summed E-state index contributed by atoms with van der Waals surface area (Å²) in [5.41, 5.74) is 5.45. The number of nitrogens with one attached hydrogen (secondary N) is 4. The topological polar surface area (TPSA) is 112 Å². The van der Waals surface area contributed by atoms with Crippen LogP contribution in [0.2, 0.25) is 0 Å². The lowest BCUT2D eigenvalue weighted by molar-refractivity contribution is -0.121. The van der Waals surface area contributed by atoms with Gasteiger partial charge in [0.15, 0.2) is 0 Å². The zero-order chi connectivity index (χ0) is 17.3. The van der Waals surface area contributed by atoms with Crippen molar-refractivity contribution in [2.75, 3.05) is 66.0 Å². The molecule has 0 atom stereocenters. The van der Waals surface area contributed by atoms with E-state index in [2.05, 4.69) is 26.2 Å². The summed E-state index contributed by atoms with van der Waals surface area (Å²) in [7, 11) is 1.64.